The third kappa shape index (κ3) is 5.49. The smallest absolute Gasteiger partial charge is 0.251 e. The van der Waals surface area contributed by atoms with E-state index in [0.717, 1.165) is 24.2 Å². The number of carbonyl (C=O) groups excluding carboxylic acids is 2. The summed E-state index contributed by atoms with van der Waals surface area (Å²) in [5.41, 5.74) is 1.57. The van der Waals surface area contributed by atoms with Crippen LogP contribution in [-0.4, -0.2) is 42.5 Å². The molecule has 0 atom stereocenters. The van der Waals surface area contributed by atoms with Crippen LogP contribution in [0.15, 0.2) is 48.5 Å². The molecule has 6 heteroatoms. The molecule has 1 aliphatic rings. The third-order valence-electron chi connectivity index (χ3n) is 4.88. The van der Waals surface area contributed by atoms with E-state index < -0.39 is 0 Å². The summed E-state index contributed by atoms with van der Waals surface area (Å²) in [4.78, 5) is 26.7. The van der Waals surface area contributed by atoms with Crippen LogP contribution in [0.25, 0.3) is 0 Å². The predicted octanol–water partition coefficient (Wildman–Crippen LogP) is 3.70. The van der Waals surface area contributed by atoms with Crippen molar-refractivity contribution in [3.05, 3.63) is 64.7 Å². The fraction of sp³-hybridized carbons (Fsp3) is 0.364. The van der Waals surface area contributed by atoms with Crippen molar-refractivity contribution in [2.75, 3.05) is 19.7 Å². The Morgan fingerprint density at radius 2 is 1.71 bits per heavy atom. The summed E-state index contributed by atoms with van der Waals surface area (Å²) >= 11 is 5.86. The molecule has 148 valence electrons. The van der Waals surface area contributed by atoms with Crippen LogP contribution in [0, 0.1) is 0 Å². The van der Waals surface area contributed by atoms with E-state index in [1.807, 2.05) is 36.1 Å². The zero-order chi connectivity index (χ0) is 19.9. The Labute approximate surface area is 170 Å². The summed E-state index contributed by atoms with van der Waals surface area (Å²) in [5, 5.41) is 3.66. The van der Waals surface area contributed by atoms with Crippen molar-refractivity contribution in [1.29, 1.82) is 0 Å². The topological polar surface area (TPSA) is 58.6 Å². The number of halogens is 1. The van der Waals surface area contributed by atoms with Gasteiger partial charge in [0.05, 0.1) is 13.0 Å². The maximum absolute atomic E-state index is 12.6. The highest BCUT2D eigenvalue weighted by Gasteiger charge is 2.24. The van der Waals surface area contributed by atoms with Gasteiger partial charge in [-0.05, 0) is 61.7 Å². The maximum Gasteiger partial charge on any atom is 0.251 e. The molecule has 0 spiro atoms. The number of rotatable bonds is 6. The number of nitrogens with zero attached hydrogens (tertiary/aromatic N) is 1. The van der Waals surface area contributed by atoms with E-state index in [0.29, 0.717) is 36.7 Å². The molecule has 1 fully saturated rings. The van der Waals surface area contributed by atoms with Crippen molar-refractivity contribution >= 4 is 23.4 Å². The van der Waals surface area contributed by atoms with Crippen molar-refractivity contribution in [1.82, 2.24) is 10.2 Å². The van der Waals surface area contributed by atoms with Crippen LogP contribution in [0.5, 0.6) is 5.75 Å². The first-order valence-electron chi connectivity index (χ1n) is 9.61. The number of likely N-dealkylation sites (tertiary alicyclic amines) is 1. The number of ether oxygens (including phenoxy) is 1. The van der Waals surface area contributed by atoms with E-state index in [2.05, 4.69) is 5.32 Å². The Kier molecular flexibility index (Phi) is 6.93. The van der Waals surface area contributed by atoms with Crippen molar-refractivity contribution in [2.24, 2.45) is 0 Å². The molecule has 0 bridgehead atoms. The normalized spacial score (nSPS) is 14.6. The second-order valence-corrected chi connectivity index (χ2v) is 7.33. The molecule has 1 aliphatic heterocycles. The van der Waals surface area contributed by atoms with Gasteiger partial charge >= 0.3 is 0 Å². The lowest BCUT2D eigenvalue weighted by Crippen LogP contribution is -2.46. The molecule has 0 saturated carbocycles. The Hall–Kier alpha value is -2.53. The van der Waals surface area contributed by atoms with Gasteiger partial charge in [0.2, 0.25) is 5.91 Å². The van der Waals surface area contributed by atoms with Crippen molar-refractivity contribution < 1.29 is 14.3 Å². The number of hydrogen-bond acceptors (Lipinski definition) is 3. The fourth-order valence-corrected chi connectivity index (χ4v) is 3.43. The van der Waals surface area contributed by atoms with Gasteiger partial charge in [0.25, 0.3) is 5.91 Å². The standard InChI is InChI=1S/C22H25ClN2O3/c1-2-28-20-9-3-16(4-10-20)15-21(26)25-13-11-19(12-14-25)24-22(27)17-5-7-18(23)8-6-17/h3-10,19H,2,11-15H2,1H3,(H,24,27). The number of carbonyl (C=O) groups is 2. The predicted molar refractivity (Wildman–Crippen MR) is 110 cm³/mol. The van der Waals surface area contributed by atoms with Crippen LogP contribution in [-0.2, 0) is 11.2 Å². The van der Waals surface area contributed by atoms with Gasteiger partial charge in [-0.2, -0.15) is 0 Å². The minimum atomic E-state index is -0.101. The van der Waals surface area contributed by atoms with Gasteiger partial charge in [0, 0.05) is 29.7 Å². The van der Waals surface area contributed by atoms with Gasteiger partial charge in [-0.15, -0.1) is 0 Å². The average molecular weight is 401 g/mol. The molecule has 28 heavy (non-hydrogen) atoms. The lowest BCUT2D eigenvalue weighted by molar-refractivity contribution is -0.131. The Morgan fingerprint density at radius 1 is 1.07 bits per heavy atom. The van der Waals surface area contributed by atoms with Gasteiger partial charge in [-0.3, -0.25) is 9.59 Å². The number of benzene rings is 2. The molecule has 0 unspecified atom stereocenters. The lowest BCUT2D eigenvalue weighted by atomic mass is 10.0. The summed E-state index contributed by atoms with van der Waals surface area (Å²) in [6.07, 6.45) is 1.90. The van der Waals surface area contributed by atoms with Gasteiger partial charge in [-0.25, -0.2) is 0 Å². The summed E-state index contributed by atoms with van der Waals surface area (Å²) in [5.74, 6) is 0.832. The zero-order valence-corrected chi connectivity index (χ0v) is 16.7. The minimum Gasteiger partial charge on any atom is -0.494 e. The monoisotopic (exact) mass is 400 g/mol. The van der Waals surface area contributed by atoms with Gasteiger partial charge in [-0.1, -0.05) is 23.7 Å². The first-order chi connectivity index (χ1) is 13.5. The quantitative estimate of drug-likeness (QED) is 0.804. The van der Waals surface area contributed by atoms with Gasteiger partial charge in [0.1, 0.15) is 5.75 Å². The SMILES string of the molecule is CCOc1ccc(CC(=O)N2CCC(NC(=O)c3ccc(Cl)cc3)CC2)cc1. The molecule has 1 N–H and O–H groups in total. The molecule has 3 rings (SSSR count). The Morgan fingerprint density at radius 3 is 2.32 bits per heavy atom. The highest BCUT2D eigenvalue weighted by Crippen LogP contribution is 2.16. The number of nitrogens with one attached hydrogen (secondary N) is 1. The minimum absolute atomic E-state index is 0.0812. The Balaban J connectivity index is 1.45. The number of hydrogen-bond donors (Lipinski definition) is 1. The second-order valence-electron chi connectivity index (χ2n) is 6.89. The van der Waals surface area contributed by atoms with E-state index in [9.17, 15) is 9.59 Å². The molecular formula is C22H25ClN2O3. The fourth-order valence-electron chi connectivity index (χ4n) is 3.30. The first-order valence-corrected chi connectivity index (χ1v) is 9.99. The highest BCUT2D eigenvalue weighted by atomic mass is 35.5. The van der Waals surface area contributed by atoms with E-state index >= 15 is 0 Å². The average Bonchev–Trinajstić information content (AvgIpc) is 2.70. The van der Waals surface area contributed by atoms with Crippen molar-refractivity contribution in [3.8, 4) is 5.75 Å². The van der Waals surface area contributed by atoms with Crippen molar-refractivity contribution in [2.45, 2.75) is 32.2 Å². The molecule has 1 saturated heterocycles. The molecule has 0 radical (unpaired) electrons. The van der Waals surface area contributed by atoms with E-state index in [1.54, 1.807) is 24.3 Å². The van der Waals surface area contributed by atoms with Crippen LogP contribution in [0.4, 0.5) is 0 Å². The van der Waals surface area contributed by atoms with Crippen LogP contribution in [0.3, 0.4) is 0 Å². The summed E-state index contributed by atoms with van der Waals surface area (Å²) in [6.45, 7) is 3.88. The first kappa shape index (κ1) is 20.2. The van der Waals surface area contributed by atoms with Crippen LogP contribution in [0.2, 0.25) is 5.02 Å². The molecular weight excluding hydrogens is 376 g/mol. The largest absolute Gasteiger partial charge is 0.494 e. The second kappa shape index (κ2) is 9.60. The van der Waals surface area contributed by atoms with Gasteiger partial charge < -0.3 is 15.0 Å². The molecule has 0 aliphatic carbocycles. The molecule has 2 amide bonds. The molecule has 5 nitrogen and oxygen atoms in total. The van der Waals surface area contributed by atoms with Crippen LogP contribution in [0.1, 0.15) is 35.7 Å². The zero-order valence-electron chi connectivity index (χ0n) is 16.0. The molecule has 2 aromatic rings. The lowest BCUT2D eigenvalue weighted by Gasteiger charge is -2.32. The van der Waals surface area contributed by atoms with Crippen LogP contribution >= 0.6 is 11.6 Å². The molecule has 2 aromatic carbocycles. The van der Waals surface area contributed by atoms with E-state index in [-0.39, 0.29) is 17.9 Å². The Bertz CT molecular complexity index is 798. The maximum atomic E-state index is 12.6. The summed E-state index contributed by atoms with van der Waals surface area (Å²) in [7, 11) is 0. The van der Waals surface area contributed by atoms with Crippen molar-refractivity contribution in [3.63, 3.8) is 0 Å². The third-order valence-corrected chi connectivity index (χ3v) is 5.13. The number of piperidine rings is 1. The number of amides is 2. The highest BCUT2D eigenvalue weighted by molar-refractivity contribution is 6.30. The van der Waals surface area contributed by atoms with Crippen LogP contribution < -0.4 is 10.1 Å². The van der Waals surface area contributed by atoms with E-state index in [4.69, 9.17) is 16.3 Å². The summed E-state index contributed by atoms with van der Waals surface area (Å²) in [6, 6.07) is 14.6. The van der Waals surface area contributed by atoms with E-state index in [1.165, 1.54) is 0 Å². The molecule has 0 aromatic heterocycles. The summed E-state index contributed by atoms with van der Waals surface area (Å²) < 4.78 is 5.43. The van der Waals surface area contributed by atoms with Gasteiger partial charge in [0.15, 0.2) is 0 Å². The molecule has 1 heterocycles.